The number of hydrogen-bond acceptors (Lipinski definition) is 3. The molecule has 0 radical (unpaired) electrons. The van der Waals surface area contributed by atoms with E-state index in [9.17, 15) is 4.79 Å². The predicted octanol–water partition coefficient (Wildman–Crippen LogP) is 4.00. The number of amides is 1. The van der Waals surface area contributed by atoms with Crippen molar-refractivity contribution < 1.29 is 4.79 Å². The smallest absolute Gasteiger partial charge is 0.290 e. The van der Waals surface area contributed by atoms with Crippen molar-refractivity contribution in [2.24, 2.45) is 0 Å². The fraction of sp³-hybridized carbons (Fsp3) is 0.286. The second kappa shape index (κ2) is 7.52. The van der Waals surface area contributed by atoms with Crippen molar-refractivity contribution in [3.63, 3.8) is 0 Å². The van der Waals surface area contributed by atoms with Crippen molar-refractivity contribution in [3.8, 4) is 17.1 Å². The van der Waals surface area contributed by atoms with Crippen LogP contribution in [0.25, 0.3) is 17.1 Å². The van der Waals surface area contributed by atoms with Gasteiger partial charge in [-0.3, -0.25) is 4.79 Å². The molecule has 3 aromatic rings. The van der Waals surface area contributed by atoms with Crippen LogP contribution in [-0.4, -0.2) is 27.2 Å². The molecule has 1 amide bonds. The number of nitrogens with one attached hydrogen (secondary N) is 1. The van der Waals surface area contributed by atoms with E-state index in [4.69, 9.17) is 0 Å². The molecule has 2 aromatic carbocycles. The van der Waals surface area contributed by atoms with Gasteiger partial charge in [-0.25, -0.2) is 9.67 Å². The molecule has 134 valence electrons. The van der Waals surface area contributed by atoms with Gasteiger partial charge in [0.05, 0.1) is 5.69 Å². The molecule has 1 N–H and O–H groups in total. The van der Waals surface area contributed by atoms with Crippen LogP contribution in [0, 0.1) is 20.8 Å². The summed E-state index contributed by atoms with van der Waals surface area (Å²) in [5.41, 5.74) is 5.22. The van der Waals surface area contributed by atoms with Crippen molar-refractivity contribution in [1.82, 2.24) is 20.1 Å². The number of hydrogen-bond donors (Lipinski definition) is 1. The SMILES string of the molecule is CCCNC(=O)c1nc(-c2cccc(C)c2)n(-c2cc(C)ccc2C)n1. The zero-order valence-corrected chi connectivity index (χ0v) is 15.7. The molecule has 0 aliphatic rings. The van der Waals surface area contributed by atoms with Crippen LogP contribution in [0.1, 0.15) is 40.7 Å². The van der Waals surface area contributed by atoms with Gasteiger partial charge in [-0.1, -0.05) is 42.8 Å². The number of carbonyl (C=O) groups is 1. The minimum absolute atomic E-state index is 0.191. The quantitative estimate of drug-likeness (QED) is 0.758. The summed E-state index contributed by atoms with van der Waals surface area (Å²) in [5.74, 6) is 0.615. The van der Waals surface area contributed by atoms with E-state index in [0.717, 1.165) is 34.4 Å². The van der Waals surface area contributed by atoms with E-state index in [2.05, 4.69) is 39.7 Å². The van der Waals surface area contributed by atoms with Gasteiger partial charge in [0.2, 0.25) is 5.82 Å². The van der Waals surface area contributed by atoms with Gasteiger partial charge in [0.25, 0.3) is 5.91 Å². The second-order valence-electron chi connectivity index (χ2n) is 6.59. The van der Waals surface area contributed by atoms with Crippen molar-refractivity contribution in [2.45, 2.75) is 34.1 Å². The van der Waals surface area contributed by atoms with Crippen molar-refractivity contribution in [3.05, 3.63) is 65.0 Å². The Bertz CT molecular complexity index is 943. The van der Waals surface area contributed by atoms with Crippen LogP contribution >= 0.6 is 0 Å². The summed E-state index contributed by atoms with van der Waals surface area (Å²) in [6, 6.07) is 14.3. The first-order valence-corrected chi connectivity index (χ1v) is 8.89. The maximum absolute atomic E-state index is 12.4. The molecule has 5 nitrogen and oxygen atoms in total. The zero-order valence-electron chi connectivity index (χ0n) is 15.7. The third-order valence-corrected chi connectivity index (χ3v) is 4.21. The molecule has 0 fully saturated rings. The van der Waals surface area contributed by atoms with Crippen LogP contribution < -0.4 is 5.32 Å². The largest absolute Gasteiger partial charge is 0.349 e. The average molecular weight is 348 g/mol. The lowest BCUT2D eigenvalue weighted by Crippen LogP contribution is -2.25. The van der Waals surface area contributed by atoms with Crippen LogP contribution in [0.15, 0.2) is 42.5 Å². The van der Waals surface area contributed by atoms with Crippen LogP contribution in [0.5, 0.6) is 0 Å². The molecular formula is C21H24N4O. The van der Waals surface area contributed by atoms with Gasteiger partial charge in [0, 0.05) is 12.1 Å². The molecule has 0 aliphatic heterocycles. The summed E-state index contributed by atoms with van der Waals surface area (Å²) >= 11 is 0. The van der Waals surface area contributed by atoms with E-state index in [-0.39, 0.29) is 11.7 Å². The number of nitrogens with zero attached hydrogens (tertiary/aromatic N) is 3. The minimum Gasteiger partial charge on any atom is -0.349 e. The summed E-state index contributed by atoms with van der Waals surface area (Å²) in [6.07, 6.45) is 0.869. The van der Waals surface area contributed by atoms with E-state index in [1.54, 1.807) is 4.68 Å². The highest BCUT2D eigenvalue weighted by atomic mass is 16.2. The Morgan fingerprint density at radius 1 is 1.08 bits per heavy atom. The van der Waals surface area contributed by atoms with Gasteiger partial charge in [0.1, 0.15) is 0 Å². The molecule has 1 heterocycles. The van der Waals surface area contributed by atoms with Gasteiger partial charge in [0.15, 0.2) is 5.82 Å². The lowest BCUT2D eigenvalue weighted by Gasteiger charge is -2.10. The average Bonchev–Trinajstić information content (AvgIpc) is 3.07. The van der Waals surface area contributed by atoms with Gasteiger partial charge >= 0.3 is 0 Å². The van der Waals surface area contributed by atoms with E-state index >= 15 is 0 Å². The highest BCUT2D eigenvalue weighted by Crippen LogP contribution is 2.24. The Morgan fingerprint density at radius 3 is 2.58 bits per heavy atom. The molecule has 0 saturated heterocycles. The standard InChI is InChI=1S/C21H24N4O/c1-5-11-22-21(26)19-23-20(17-8-6-7-14(2)12-17)25(24-19)18-13-15(3)9-10-16(18)4/h6-10,12-13H,5,11H2,1-4H3,(H,22,26). The van der Waals surface area contributed by atoms with E-state index in [0.29, 0.717) is 12.4 Å². The van der Waals surface area contributed by atoms with Crippen molar-refractivity contribution >= 4 is 5.91 Å². The molecule has 0 aliphatic carbocycles. The lowest BCUT2D eigenvalue weighted by molar-refractivity contribution is 0.0943. The number of rotatable bonds is 5. The highest BCUT2D eigenvalue weighted by molar-refractivity contribution is 5.91. The molecular weight excluding hydrogens is 324 g/mol. The molecule has 1 aromatic heterocycles. The summed E-state index contributed by atoms with van der Waals surface area (Å²) in [6.45, 7) is 8.74. The van der Waals surface area contributed by atoms with Crippen LogP contribution in [0.4, 0.5) is 0 Å². The molecule has 3 rings (SSSR count). The molecule has 26 heavy (non-hydrogen) atoms. The van der Waals surface area contributed by atoms with Gasteiger partial charge in [-0.15, -0.1) is 5.10 Å². The summed E-state index contributed by atoms with van der Waals surface area (Å²) in [4.78, 5) is 17.0. The fourth-order valence-electron chi connectivity index (χ4n) is 2.81. The Balaban J connectivity index is 2.16. The lowest BCUT2D eigenvalue weighted by atomic mass is 10.1. The van der Waals surface area contributed by atoms with Gasteiger partial charge < -0.3 is 5.32 Å². The number of carbonyl (C=O) groups excluding carboxylic acids is 1. The first kappa shape index (κ1) is 17.9. The first-order chi connectivity index (χ1) is 12.5. The van der Waals surface area contributed by atoms with Gasteiger partial charge in [-0.05, 0) is 50.5 Å². The maximum atomic E-state index is 12.4. The predicted molar refractivity (Wildman–Crippen MR) is 104 cm³/mol. The molecule has 5 heteroatoms. The van der Waals surface area contributed by atoms with Crippen molar-refractivity contribution in [2.75, 3.05) is 6.54 Å². The number of benzene rings is 2. The molecule has 0 spiro atoms. The Morgan fingerprint density at radius 2 is 1.85 bits per heavy atom. The van der Waals surface area contributed by atoms with Gasteiger partial charge in [-0.2, -0.15) is 0 Å². The monoisotopic (exact) mass is 348 g/mol. The van der Waals surface area contributed by atoms with Crippen molar-refractivity contribution in [1.29, 1.82) is 0 Å². The van der Waals surface area contributed by atoms with E-state index in [1.165, 1.54) is 0 Å². The number of aromatic nitrogens is 3. The molecule has 0 unspecified atom stereocenters. The maximum Gasteiger partial charge on any atom is 0.290 e. The zero-order chi connectivity index (χ0) is 18.7. The second-order valence-corrected chi connectivity index (χ2v) is 6.59. The number of aryl methyl sites for hydroxylation is 3. The minimum atomic E-state index is -0.246. The van der Waals surface area contributed by atoms with Crippen LogP contribution in [0.3, 0.4) is 0 Å². The fourth-order valence-corrected chi connectivity index (χ4v) is 2.81. The molecule has 0 bridgehead atoms. The third-order valence-electron chi connectivity index (χ3n) is 4.21. The summed E-state index contributed by atoms with van der Waals surface area (Å²) in [5, 5.41) is 7.39. The Labute approximate surface area is 154 Å². The first-order valence-electron chi connectivity index (χ1n) is 8.89. The Hall–Kier alpha value is -2.95. The van der Waals surface area contributed by atoms with E-state index in [1.807, 2.05) is 45.9 Å². The summed E-state index contributed by atoms with van der Waals surface area (Å²) in [7, 11) is 0. The Kier molecular flexibility index (Phi) is 5.16. The summed E-state index contributed by atoms with van der Waals surface area (Å²) < 4.78 is 1.78. The normalized spacial score (nSPS) is 10.8. The topological polar surface area (TPSA) is 59.8 Å². The van der Waals surface area contributed by atoms with Crippen LogP contribution in [0.2, 0.25) is 0 Å². The molecule has 0 atom stereocenters. The molecule has 0 saturated carbocycles. The third kappa shape index (κ3) is 3.67. The van der Waals surface area contributed by atoms with E-state index < -0.39 is 0 Å². The van der Waals surface area contributed by atoms with Crippen LogP contribution in [-0.2, 0) is 0 Å². The highest BCUT2D eigenvalue weighted by Gasteiger charge is 2.19.